The molecule has 2 aliphatic rings. The van der Waals surface area contributed by atoms with Crippen LogP contribution in [0, 0.1) is 0 Å². The van der Waals surface area contributed by atoms with E-state index in [0.29, 0.717) is 6.04 Å². The molecule has 1 atom stereocenters. The fourth-order valence-corrected chi connectivity index (χ4v) is 2.62. The first kappa shape index (κ1) is 11.0. The molecule has 4 heteroatoms. The van der Waals surface area contributed by atoms with Crippen molar-refractivity contribution in [3.63, 3.8) is 0 Å². The molecular formula is C13H20N4. The van der Waals surface area contributed by atoms with Crippen LogP contribution >= 0.6 is 0 Å². The molecule has 92 valence electrons. The molecule has 1 saturated heterocycles. The highest BCUT2D eigenvalue weighted by atomic mass is 15.3. The molecule has 1 aliphatic heterocycles. The van der Waals surface area contributed by atoms with E-state index in [9.17, 15) is 0 Å². The Morgan fingerprint density at radius 2 is 2.00 bits per heavy atom. The Labute approximate surface area is 102 Å². The third-order valence-electron chi connectivity index (χ3n) is 4.11. The molecule has 17 heavy (non-hydrogen) atoms. The SMILES string of the molecule is CNC1CCN(c2ncc(C3CCC3)cn2)C1. The van der Waals surface area contributed by atoms with Gasteiger partial charge in [0.2, 0.25) is 5.95 Å². The van der Waals surface area contributed by atoms with Crippen LogP contribution in [-0.2, 0) is 0 Å². The van der Waals surface area contributed by atoms with Crippen LogP contribution in [0.5, 0.6) is 0 Å². The number of aromatic nitrogens is 2. The van der Waals surface area contributed by atoms with Gasteiger partial charge in [-0.05, 0) is 37.8 Å². The number of rotatable bonds is 3. The predicted molar refractivity (Wildman–Crippen MR) is 68.3 cm³/mol. The maximum Gasteiger partial charge on any atom is 0.225 e. The minimum Gasteiger partial charge on any atom is -0.339 e. The second-order valence-corrected chi connectivity index (χ2v) is 5.16. The van der Waals surface area contributed by atoms with Crippen molar-refractivity contribution in [2.75, 3.05) is 25.0 Å². The zero-order valence-electron chi connectivity index (χ0n) is 10.4. The van der Waals surface area contributed by atoms with Crippen LogP contribution in [0.2, 0.25) is 0 Å². The van der Waals surface area contributed by atoms with Crippen LogP contribution in [0.15, 0.2) is 12.4 Å². The molecule has 1 aliphatic carbocycles. The Hall–Kier alpha value is -1.16. The Kier molecular flexibility index (Phi) is 2.97. The van der Waals surface area contributed by atoms with Gasteiger partial charge in [0, 0.05) is 31.5 Å². The molecule has 1 N–H and O–H groups in total. The number of nitrogens with one attached hydrogen (secondary N) is 1. The fraction of sp³-hybridized carbons (Fsp3) is 0.692. The Balaban J connectivity index is 1.67. The van der Waals surface area contributed by atoms with Gasteiger partial charge in [-0.3, -0.25) is 0 Å². The molecule has 2 fully saturated rings. The largest absolute Gasteiger partial charge is 0.339 e. The average Bonchev–Trinajstić information content (AvgIpc) is 2.76. The summed E-state index contributed by atoms with van der Waals surface area (Å²) < 4.78 is 0. The molecule has 3 rings (SSSR count). The van der Waals surface area contributed by atoms with Crippen LogP contribution in [0.25, 0.3) is 0 Å². The average molecular weight is 232 g/mol. The quantitative estimate of drug-likeness (QED) is 0.858. The zero-order valence-corrected chi connectivity index (χ0v) is 10.4. The normalized spacial score (nSPS) is 25.0. The van der Waals surface area contributed by atoms with Crippen molar-refractivity contribution in [2.24, 2.45) is 0 Å². The maximum absolute atomic E-state index is 4.52. The van der Waals surface area contributed by atoms with Crippen LogP contribution in [0.1, 0.15) is 37.2 Å². The van der Waals surface area contributed by atoms with Gasteiger partial charge < -0.3 is 10.2 Å². The number of nitrogens with zero attached hydrogens (tertiary/aromatic N) is 3. The maximum atomic E-state index is 4.52. The lowest BCUT2D eigenvalue weighted by Gasteiger charge is -2.25. The van der Waals surface area contributed by atoms with Crippen molar-refractivity contribution >= 4 is 5.95 Å². The minimum atomic E-state index is 0.588. The van der Waals surface area contributed by atoms with E-state index in [1.54, 1.807) is 0 Å². The Bertz CT molecular complexity index is 372. The van der Waals surface area contributed by atoms with Gasteiger partial charge >= 0.3 is 0 Å². The Morgan fingerprint density at radius 3 is 2.53 bits per heavy atom. The van der Waals surface area contributed by atoms with Crippen LogP contribution in [-0.4, -0.2) is 36.1 Å². The van der Waals surface area contributed by atoms with Gasteiger partial charge in [-0.15, -0.1) is 0 Å². The molecular weight excluding hydrogens is 212 g/mol. The number of hydrogen-bond acceptors (Lipinski definition) is 4. The monoisotopic (exact) mass is 232 g/mol. The summed E-state index contributed by atoms with van der Waals surface area (Å²) in [4.78, 5) is 11.3. The summed E-state index contributed by atoms with van der Waals surface area (Å²) in [5, 5.41) is 3.31. The number of anilines is 1. The summed E-state index contributed by atoms with van der Waals surface area (Å²) in [6, 6.07) is 0.588. The van der Waals surface area contributed by atoms with E-state index in [1.165, 1.54) is 31.2 Å². The summed E-state index contributed by atoms with van der Waals surface area (Å²) in [5.74, 6) is 1.62. The highest BCUT2D eigenvalue weighted by Crippen LogP contribution is 2.35. The van der Waals surface area contributed by atoms with Gasteiger partial charge in [-0.25, -0.2) is 9.97 Å². The van der Waals surface area contributed by atoms with Gasteiger partial charge in [0.25, 0.3) is 0 Å². The molecule has 1 aromatic heterocycles. The summed E-state index contributed by atoms with van der Waals surface area (Å²) in [5.41, 5.74) is 1.32. The fourth-order valence-electron chi connectivity index (χ4n) is 2.62. The Morgan fingerprint density at radius 1 is 1.24 bits per heavy atom. The van der Waals surface area contributed by atoms with E-state index in [-0.39, 0.29) is 0 Å². The van der Waals surface area contributed by atoms with Crippen molar-refractivity contribution < 1.29 is 0 Å². The molecule has 0 spiro atoms. The molecule has 0 bridgehead atoms. The molecule has 0 aromatic carbocycles. The van der Waals surface area contributed by atoms with Crippen molar-refractivity contribution in [3.8, 4) is 0 Å². The molecule has 1 unspecified atom stereocenters. The lowest BCUT2D eigenvalue weighted by Crippen LogP contribution is -2.30. The van der Waals surface area contributed by atoms with Gasteiger partial charge in [0.05, 0.1) is 0 Å². The second kappa shape index (κ2) is 4.61. The highest BCUT2D eigenvalue weighted by Gasteiger charge is 2.24. The summed E-state index contributed by atoms with van der Waals surface area (Å²) in [6.45, 7) is 2.09. The second-order valence-electron chi connectivity index (χ2n) is 5.16. The van der Waals surface area contributed by atoms with Gasteiger partial charge in [0.15, 0.2) is 0 Å². The van der Waals surface area contributed by atoms with Crippen LogP contribution in [0.3, 0.4) is 0 Å². The third-order valence-corrected chi connectivity index (χ3v) is 4.11. The van der Waals surface area contributed by atoms with Crippen molar-refractivity contribution in [3.05, 3.63) is 18.0 Å². The van der Waals surface area contributed by atoms with E-state index in [4.69, 9.17) is 0 Å². The van der Waals surface area contributed by atoms with Crippen molar-refractivity contribution in [2.45, 2.75) is 37.6 Å². The van der Waals surface area contributed by atoms with E-state index >= 15 is 0 Å². The molecule has 4 nitrogen and oxygen atoms in total. The summed E-state index contributed by atoms with van der Waals surface area (Å²) >= 11 is 0. The van der Waals surface area contributed by atoms with Crippen molar-refractivity contribution in [1.29, 1.82) is 0 Å². The predicted octanol–water partition coefficient (Wildman–Crippen LogP) is 1.54. The number of likely N-dealkylation sites (N-methyl/N-ethyl adjacent to an activating group) is 1. The van der Waals surface area contributed by atoms with Gasteiger partial charge in [-0.1, -0.05) is 6.42 Å². The topological polar surface area (TPSA) is 41.0 Å². The van der Waals surface area contributed by atoms with E-state index in [0.717, 1.165) is 25.0 Å². The van der Waals surface area contributed by atoms with E-state index in [2.05, 4.69) is 20.2 Å². The first-order valence-corrected chi connectivity index (χ1v) is 6.61. The molecule has 0 amide bonds. The van der Waals surface area contributed by atoms with Gasteiger partial charge in [0.1, 0.15) is 0 Å². The molecule has 2 heterocycles. The van der Waals surface area contributed by atoms with E-state index in [1.807, 2.05) is 19.4 Å². The first-order valence-electron chi connectivity index (χ1n) is 6.61. The van der Waals surface area contributed by atoms with Gasteiger partial charge in [-0.2, -0.15) is 0 Å². The van der Waals surface area contributed by atoms with Crippen molar-refractivity contribution in [1.82, 2.24) is 15.3 Å². The lowest BCUT2D eigenvalue weighted by molar-refractivity contribution is 0.417. The summed E-state index contributed by atoms with van der Waals surface area (Å²) in [6.07, 6.45) is 9.23. The van der Waals surface area contributed by atoms with Crippen LogP contribution < -0.4 is 10.2 Å². The highest BCUT2D eigenvalue weighted by molar-refractivity contribution is 5.33. The van der Waals surface area contributed by atoms with Crippen LogP contribution in [0.4, 0.5) is 5.95 Å². The van der Waals surface area contributed by atoms with E-state index < -0.39 is 0 Å². The minimum absolute atomic E-state index is 0.588. The molecule has 1 saturated carbocycles. The number of hydrogen-bond donors (Lipinski definition) is 1. The molecule has 1 aromatic rings. The third kappa shape index (κ3) is 2.14. The first-order chi connectivity index (χ1) is 8.36. The standard InChI is InChI=1S/C13H20N4/c1-14-12-5-6-17(9-12)13-15-7-11(8-16-13)10-3-2-4-10/h7-8,10,12,14H,2-6,9H2,1H3. The lowest BCUT2D eigenvalue weighted by atomic mass is 9.81. The zero-order chi connectivity index (χ0) is 11.7. The molecule has 0 radical (unpaired) electrons. The smallest absolute Gasteiger partial charge is 0.225 e. The summed E-state index contributed by atoms with van der Waals surface area (Å²) in [7, 11) is 2.02.